The summed E-state index contributed by atoms with van der Waals surface area (Å²) in [7, 11) is 0. The number of hydrogen-bond donors (Lipinski definition) is 2. The molecule has 0 atom stereocenters. The number of nitrogens with one attached hydrogen (secondary N) is 2. The van der Waals surface area contributed by atoms with Crippen molar-refractivity contribution in [1.29, 1.82) is 0 Å². The number of carbonyl (C=O) groups excluding carboxylic acids is 3. The molecular weight excluding hydrogens is 466 g/mol. The van der Waals surface area contributed by atoms with Crippen LogP contribution >= 0.6 is 0 Å². The summed E-state index contributed by atoms with van der Waals surface area (Å²) in [5.41, 5.74) is 3.31. The van der Waals surface area contributed by atoms with Crippen molar-refractivity contribution in [1.82, 2.24) is 10.2 Å². The third kappa shape index (κ3) is 5.51. The van der Waals surface area contributed by atoms with Gasteiger partial charge in [-0.25, -0.2) is 9.69 Å². The zero-order chi connectivity index (χ0) is 25.8. The first-order valence-electron chi connectivity index (χ1n) is 11.9. The number of anilines is 1. The molecule has 7 nitrogen and oxygen atoms in total. The van der Waals surface area contributed by atoms with Crippen molar-refractivity contribution < 1.29 is 19.1 Å². The minimum Gasteiger partial charge on any atom is -0.488 e. The number of hydrogen-bond acceptors (Lipinski definition) is 4. The lowest BCUT2D eigenvalue weighted by Gasteiger charge is -2.12. The van der Waals surface area contributed by atoms with Crippen LogP contribution in [0.3, 0.4) is 0 Å². The highest BCUT2D eigenvalue weighted by molar-refractivity contribution is 6.16. The van der Waals surface area contributed by atoms with Gasteiger partial charge < -0.3 is 15.4 Å². The van der Waals surface area contributed by atoms with Crippen molar-refractivity contribution in [3.8, 4) is 5.75 Å². The first-order valence-corrected chi connectivity index (χ1v) is 11.9. The van der Waals surface area contributed by atoms with E-state index < -0.39 is 24.4 Å². The number of aryl methyl sites for hydroxylation is 1. The lowest BCUT2D eigenvalue weighted by atomic mass is 10.1. The highest BCUT2D eigenvalue weighted by Gasteiger charge is 2.35. The third-order valence-corrected chi connectivity index (χ3v) is 5.99. The summed E-state index contributed by atoms with van der Waals surface area (Å²) in [5.74, 6) is -0.468. The van der Waals surface area contributed by atoms with Gasteiger partial charge in [0.05, 0.1) is 0 Å². The van der Waals surface area contributed by atoms with E-state index in [4.69, 9.17) is 4.74 Å². The molecule has 37 heavy (non-hydrogen) atoms. The molecule has 0 bridgehead atoms. The van der Waals surface area contributed by atoms with Crippen LogP contribution in [0.4, 0.5) is 10.5 Å². The number of imide groups is 1. The molecule has 0 aliphatic carbocycles. The monoisotopic (exact) mass is 491 g/mol. The Balaban J connectivity index is 1.28. The van der Waals surface area contributed by atoms with Crippen molar-refractivity contribution in [3.63, 3.8) is 0 Å². The van der Waals surface area contributed by atoms with E-state index in [1.165, 1.54) is 0 Å². The van der Waals surface area contributed by atoms with Crippen LogP contribution in [-0.4, -0.2) is 29.3 Å². The van der Waals surface area contributed by atoms with Crippen molar-refractivity contribution in [2.24, 2.45) is 0 Å². The lowest BCUT2D eigenvalue weighted by molar-refractivity contribution is -0.127. The van der Waals surface area contributed by atoms with Crippen LogP contribution in [0.15, 0.2) is 96.7 Å². The maximum absolute atomic E-state index is 12.9. The Bertz CT molecular complexity index is 1540. The van der Waals surface area contributed by atoms with Gasteiger partial charge in [0.15, 0.2) is 0 Å². The quantitative estimate of drug-likeness (QED) is 0.273. The van der Waals surface area contributed by atoms with Crippen molar-refractivity contribution in [3.05, 3.63) is 113 Å². The van der Waals surface area contributed by atoms with E-state index in [1.807, 2.05) is 61.5 Å². The van der Waals surface area contributed by atoms with Crippen LogP contribution in [-0.2, 0) is 16.2 Å². The van der Waals surface area contributed by atoms with Crippen molar-refractivity contribution in [2.45, 2.75) is 13.5 Å². The van der Waals surface area contributed by atoms with E-state index in [0.29, 0.717) is 23.6 Å². The van der Waals surface area contributed by atoms with Crippen LogP contribution in [0, 0.1) is 6.92 Å². The molecule has 184 valence electrons. The Labute approximate surface area is 214 Å². The first kappa shape index (κ1) is 23.8. The summed E-state index contributed by atoms with van der Waals surface area (Å²) in [6.07, 6.45) is 1.56. The second-order valence-electron chi connectivity index (χ2n) is 8.81. The third-order valence-electron chi connectivity index (χ3n) is 5.99. The Kier molecular flexibility index (Phi) is 6.68. The maximum atomic E-state index is 12.9. The predicted molar refractivity (Wildman–Crippen MR) is 143 cm³/mol. The number of benzene rings is 4. The summed E-state index contributed by atoms with van der Waals surface area (Å²) in [6.45, 7) is 1.86. The average molecular weight is 492 g/mol. The van der Waals surface area contributed by atoms with E-state index in [-0.39, 0.29) is 5.70 Å². The Morgan fingerprint density at radius 1 is 0.919 bits per heavy atom. The van der Waals surface area contributed by atoms with Gasteiger partial charge in [-0.2, -0.15) is 0 Å². The van der Waals surface area contributed by atoms with E-state index in [9.17, 15) is 14.4 Å². The molecule has 4 aromatic rings. The second kappa shape index (κ2) is 10.4. The molecule has 1 saturated heterocycles. The molecule has 4 aromatic carbocycles. The fourth-order valence-corrected chi connectivity index (χ4v) is 4.16. The molecule has 0 spiro atoms. The summed E-state index contributed by atoms with van der Waals surface area (Å²) >= 11 is 0. The van der Waals surface area contributed by atoms with E-state index in [2.05, 4.69) is 34.9 Å². The molecule has 1 fully saturated rings. The number of nitrogens with zero attached hydrogens (tertiary/aromatic N) is 1. The molecule has 5 rings (SSSR count). The molecule has 1 heterocycles. The molecule has 4 amide bonds. The van der Waals surface area contributed by atoms with Crippen LogP contribution in [0.5, 0.6) is 5.75 Å². The highest BCUT2D eigenvalue weighted by atomic mass is 16.5. The number of rotatable bonds is 7. The maximum Gasteiger partial charge on any atom is 0.329 e. The molecule has 0 aromatic heterocycles. The SMILES string of the molecule is Cc1cccc(NC(=O)CN2C(=O)N/C(=C/c3ccccc3OCc3ccc4ccccc4c3)C2=O)c1. The van der Waals surface area contributed by atoms with Gasteiger partial charge in [-0.05, 0) is 59.2 Å². The lowest BCUT2D eigenvalue weighted by Crippen LogP contribution is -2.38. The molecule has 1 aliphatic rings. The molecule has 0 unspecified atom stereocenters. The average Bonchev–Trinajstić information content (AvgIpc) is 3.15. The number of fused-ring (bicyclic) bond motifs is 1. The standard InChI is InChI=1S/C30H25N3O4/c1-20-7-6-11-25(15-20)31-28(34)18-33-29(35)26(32-30(33)36)17-24-10-4-5-12-27(24)37-19-21-13-14-22-8-2-3-9-23(22)16-21/h2-17H,18-19H2,1H3,(H,31,34)(H,32,36)/b26-17+. The van der Waals surface area contributed by atoms with Gasteiger partial charge in [0.1, 0.15) is 24.6 Å². The van der Waals surface area contributed by atoms with E-state index in [0.717, 1.165) is 26.8 Å². The van der Waals surface area contributed by atoms with Crippen LogP contribution < -0.4 is 15.4 Å². The molecule has 2 N–H and O–H groups in total. The Morgan fingerprint density at radius 3 is 2.54 bits per heavy atom. The van der Waals surface area contributed by atoms with E-state index in [1.54, 1.807) is 18.2 Å². The van der Waals surface area contributed by atoms with Crippen LogP contribution in [0.2, 0.25) is 0 Å². The molecule has 1 aliphatic heterocycles. The number of para-hydroxylation sites is 1. The normalized spacial score (nSPS) is 14.2. The van der Waals surface area contributed by atoms with Gasteiger partial charge in [-0.3, -0.25) is 9.59 Å². The largest absolute Gasteiger partial charge is 0.488 e. The smallest absolute Gasteiger partial charge is 0.329 e. The van der Waals surface area contributed by atoms with Gasteiger partial charge in [0.25, 0.3) is 5.91 Å². The summed E-state index contributed by atoms with van der Waals surface area (Å²) in [6, 6.07) is 28.2. The fourth-order valence-electron chi connectivity index (χ4n) is 4.16. The topological polar surface area (TPSA) is 87.7 Å². The number of carbonyl (C=O) groups is 3. The van der Waals surface area contributed by atoms with Gasteiger partial charge in [-0.1, -0.05) is 66.7 Å². The second-order valence-corrected chi connectivity index (χ2v) is 8.81. The number of ether oxygens (including phenoxy) is 1. The summed E-state index contributed by atoms with van der Waals surface area (Å²) < 4.78 is 6.07. The van der Waals surface area contributed by atoms with Gasteiger partial charge in [0.2, 0.25) is 5.91 Å². The van der Waals surface area contributed by atoms with Gasteiger partial charge in [-0.15, -0.1) is 0 Å². The predicted octanol–water partition coefficient (Wildman–Crippen LogP) is 5.26. The fraction of sp³-hybridized carbons (Fsp3) is 0.100. The molecule has 0 radical (unpaired) electrons. The minimum atomic E-state index is -0.648. The zero-order valence-corrected chi connectivity index (χ0v) is 20.2. The van der Waals surface area contributed by atoms with Crippen LogP contribution in [0.25, 0.3) is 16.8 Å². The molecular formula is C30H25N3O4. The number of amides is 4. The van der Waals surface area contributed by atoms with E-state index >= 15 is 0 Å². The van der Waals surface area contributed by atoms with Crippen molar-refractivity contribution >= 4 is 40.4 Å². The van der Waals surface area contributed by atoms with Crippen molar-refractivity contribution in [2.75, 3.05) is 11.9 Å². The molecule has 0 saturated carbocycles. The number of urea groups is 1. The van der Waals surface area contributed by atoms with Gasteiger partial charge in [0, 0.05) is 11.3 Å². The highest BCUT2D eigenvalue weighted by Crippen LogP contribution is 2.24. The van der Waals surface area contributed by atoms with Crippen LogP contribution in [0.1, 0.15) is 16.7 Å². The minimum absolute atomic E-state index is 0.0788. The van der Waals surface area contributed by atoms with Gasteiger partial charge >= 0.3 is 6.03 Å². The first-order chi connectivity index (χ1) is 18.0. The Morgan fingerprint density at radius 2 is 1.70 bits per heavy atom. The molecule has 7 heteroatoms. The zero-order valence-electron chi connectivity index (χ0n) is 20.2. The Hall–Kier alpha value is -4.91. The summed E-state index contributed by atoms with van der Waals surface area (Å²) in [4.78, 5) is 38.8. The summed E-state index contributed by atoms with van der Waals surface area (Å²) in [5, 5.41) is 7.57.